The number of nitrogens with zero attached hydrogens (tertiary/aromatic N) is 5. The van der Waals surface area contributed by atoms with E-state index in [-0.39, 0.29) is 16.2 Å². The Balaban J connectivity index is 2.15. The normalized spacial score (nSPS) is 18.9. The van der Waals surface area contributed by atoms with Crippen LogP contribution in [0.1, 0.15) is 0 Å². The largest absolute Gasteiger partial charge is 0.395 e. The van der Waals surface area contributed by atoms with Crippen LogP contribution in [0.15, 0.2) is 9.63 Å². The standard InChI is InChI=1S/C9H16BrN5O3S/c1-13-9(8(10)11-12-13)19(17,18)15-4-2-14(3-5-15)6-7-16/h16H,2-7H2,1H3. The Labute approximate surface area is 120 Å². The number of hydrogen-bond acceptors (Lipinski definition) is 6. The van der Waals surface area contributed by atoms with E-state index in [0.29, 0.717) is 32.7 Å². The average molecular weight is 354 g/mol. The van der Waals surface area contributed by atoms with Gasteiger partial charge in [-0.1, -0.05) is 5.21 Å². The third-order valence-corrected chi connectivity index (χ3v) is 5.86. The number of aliphatic hydroxyl groups is 1. The first-order valence-corrected chi connectivity index (χ1v) is 8.08. The van der Waals surface area contributed by atoms with Gasteiger partial charge in [0.25, 0.3) is 10.0 Å². The van der Waals surface area contributed by atoms with Gasteiger partial charge >= 0.3 is 0 Å². The van der Waals surface area contributed by atoms with Crippen LogP contribution in [0.2, 0.25) is 0 Å². The first-order valence-electron chi connectivity index (χ1n) is 5.85. The molecule has 0 aliphatic carbocycles. The number of halogens is 1. The van der Waals surface area contributed by atoms with Gasteiger partial charge in [-0.2, -0.15) is 4.31 Å². The van der Waals surface area contributed by atoms with Crippen molar-refractivity contribution >= 4 is 26.0 Å². The van der Waals surface area contributed by atoms with Crippen molar-refractivity contribution in [1.29, 1.82) is 0 Å². The van der Waals surface area contributed by atoms with Gasteiger partial charge in [-0.3, -0.25) is 4.90 Å². The van der Waals surface area contributed by atoms with Gasteiger partial charge in [-0.05, 0) is 15.9 Å². The van der Waals surface area contributed by atoms with Crippen molar-refractivity contribution in [3.05, 3.63) is 4.60 Å². The van der Waals surface area contributed by atoms with Crippen LogP contribution in [0.5, 0.6) is 0 Å². The quantitative estimate of drug-likeness (QED) is 0.736. The zero-order valence-corrected chi connectivity index (χ0v) is 12.9. The van der Waals surface area contributed by atoms with Gasteiger partial charge in [0.05, 0.1) is 6.61 Å². The highest BCUT2D eigenvalue weighted by Crippen LogP contribution is 2.22. The van der Waals surface area contributed by atoms with Crippen molar-refractivity contribution in [3.63, 3.8) is 0 Å². The molecule has 2 heterocycles. The molecule has 8 nitrogen and oxygen atoms in total. The number of aryl methyl sites for hydroxylation is 1. The molecule has 0 atom stereocenters. The first kappa shape index (κ1) is 14.9. The van der Waals surface area contributed by atoms with Gasteiger partial charge in [0, 0.05) is 39.8 Å². The molecule has 10 heteroatoms. The van der Waals surface area contributed by atoms with Gasteiger partial charge in [0.15, 0.2) is 4.60 Å². The lowest BCUT2D eigenvalue weighted by atomic mass is 10.4. The van der Waals surface area contributed by atoms with Gasteiger partial charge in [-0.15, -0.1) is 5.10 Å². The maximum Gasteiger partial charge on any atom is 0.263 e. The van der Waals surface area contributed by atoms with Crippen molar-refractivity contribution < 1.29 is 13.5 Å². The predicted molar refractivity (Wildman–Crippen MR) is 71.0 cm³/mol. The molecule has 1 aliphatic rings. The number of β-amino-alcohol motifs (C(OH)–C–C–N with tert-alkyl or cyclic N) is 1. The third-order valence-electron chi connectivity index (χ3n) is 3.07. The third kappa shape index (κ3) is 2.97. The van der Waals surface area contributed by atoms with Crippen molar-refractivity contribution in [2.24, 2.45) is 7.05 Å². The Morgan fingerprint density at radius 2 is 1.95 bits per heavy atom. The molecule has 1 aliphatic heterocycles. The highest BCUT2D eigenvalue weighted by atomic mass is 79.9. The van der Waals surface area contributed by atoms with Crippen molar-refractivity contribution in [3.8, 4) is 0 Å². The number of sulfonamides is 1. The van der Waals surface area contributed by atoms with Crippen LogP contribution >= 0.6 is 15.9 Å². The fourth-order valence-electron chi connectivity index (χ4n) is 2.05. The summed E-state index contributed by atoms with van der Waals surface area (Å²) in [5.74, 6) is 0. The molecule has 0 spiro atoms. The lowest BCUT2D eigenvalue weighted by molar-refractivity contribution is 0.151. The van der Waals surface area contributed by atoms with E-state index in [1.54, 1.807) is 7.05 Å². The SMILES string of the molecule is Cn1nnc(Br)c1S(=O)(=O)N1CCN(CCO)CC1. The topological polar surface area (TPSA) is 91.6 Å². The molecule has 1 N–H and O–H groups in total. The molecular formula is C9H16BrN5O3S. The molecule has 0 amide bonds. The second-order valence-corrected chi connectivity index (χ2v) is 6.88. The summed E-state index contributed by atoms with van der Waals surface area (Å²) in [6, 6.07) is 0. The minimum Gasteiger partial charge on any atom is -0.395 e. The summed E-state index contributed by atoms with van der Waals surface area (Å²) in [4.78, 5) is 2.03. The van der Waals surface area contributed by atoms with Crippen LogP contribution in [0.3, 0.4) is 0 Å². The molecule has 1 saturated heterocycles. The molecule has 1 fully saturated rings. The van der Waals surface area contributed by atoms with Crippen LogP contribution in [0, 0.1) is 0 Å². The number of aliphatic hydroxyl groups excluding tert-OH is 1. The number of aromatic nitrogens is 3. The molecule has 2 rings (SSSR count). The number of piperazine rings is 1. The molecule has 1 aromatic heterocycles. The van der Waals surface area contributed by atoms with E-state index in [9.17, 15) is 8.42 Å². The van der Waals surface area contributed by atoms with Crippen LogP contribution < -0.4 is 0 Å². The smallest absolute Gasteiger partial charge is 0.263 e. The maximum absolute atomic E-state index is 12.5. The highest BCUT2D eigenvalue weighted by molar-refractivity contribution is 9.10. The number of rotatable bonds is 4. The van der Waals surface area contributed by atoms with E-state index in [1.165, 1.54) is 8.99 Å². The van der Waals surface area contributed by atoms with E-state index < -0.39 is 10.0 Å². The van der Waals surface area contributed by atoms with Crippen LogP contribution in [-0.4, -0.2) is 77.1 Å². The van der Waals surface area contributed by atoms with Crippen LogP contribution in [0.4, 0.5) is 0 Å². The maximum atomic E-state index is 12.5. The van der Waals surface area contributed by atoms with E-state index in [2.05, 4.69) is 26.2 Å². The molecule has 0 bridgehead atoms. The second-order valence-electron chi connectivity index (χ2n) is 4.28. The minimum absolute atomic E-state index is 0.0723. The van der Waals surface area contributed by atoms with E-state index in [4.69, 9.17) is 5.11 Å². The predicted octanol–water partition coefficient (Wildman–Crippen LogP) is -1.12. The Hall–Kier alpha value is -0.550. The Kier molecular flexibility index (Phi) is 4.56. The summed E-state index contributed by atoms with van der Waals surface area (Å²) in [6.45, 7) is 2.69. The molecule has 0 saturated carbocycles. The van der Waals surface area contributed by atoms with Gasteiger partial charge in [-0.25, -0.2) is 13.1 Å². The molecular weight excluding hydrogens is 338 g/mol. The van der Waals surface area contributed by atoms with Gasteiger partial charge in [0.1, 0.15) is 0 Å². The lowest BCUT2D eigenvalue weighted by Gasteiger charge is -2.33. The fourth-order valence-corrected chi connectivity index (χ4v) is 4.51. The summed E-state index contributed by atoms with van der Waals surface area (Å²) in [7, 11) is -2.03. The molecule has 108 valence electrons. The minimum atomic E-state index is -3.58. The highest BCUT2D eigenvalue weighted by Gasteiger charge is 2.33. The first-order chi connectivity index (χ1) is 8.96. The molecule has 19 heavy (non-hydrogen) atoms. The van der Waals surface area contributed by atoms with E-state index >= 15 is 0 Å². The zero-order valence-electron chi connectivity index (χ0n) is 10.5. The molecule has 1 aromatic rings. The Bertz CT molecular complexity index is 519. The van der Waals surface area contributed by atoms with Gasteiger partial charge in [0.2, 0.25) is 5.03 Å². The molecule has 0 unspecified atom stereocenters. The summed E-state index contributed by atoms with van der Waals surface area (Å²) in [5, 5.41) is 16.3. The van der Waals surface area contributed by atoms with Crippen molar-refractivity contribution in [1.82, 2.24) is 24.2 Å². The van der Waals surface area contributed by atoms with E-state index in [0.717, 1.165) is 0 Å². The Morgan fingerprint density at radius 1 is 1.32 bits per heavy atom. The monoisotopic (exact) mass is 353 g/mol. The fraction of sp³-hybridized carbons (Fsp3) is 0.778. The Morgan fingerprint density at radius 3 is 2.42 bits per heavy atom. The average Bonchev–Trinajstić information content (AvgIpc) is 2.70. The van der Waals surface area contributed by atoms with Crippen molar-refractivity contribution in [2.45, 2.75) is 5.03 Å². The second kappa shape index (κ2) is 5.83. The zero-order chi connectivity index (χ0) is 14.0. The van der Waals surface area contributed by atoms with Crippen molar-refractivity contribution in [2.75, 3.05) is 39.3 Å². The van der Waals surface area contributed by atoms with E-state index in [1.807, 2.05) is 4.90 Å². The lowest BCUT2D eigenvalue weighted by Crippen LogP contribution is -2.49. The van der Waals surface area contributed by atoms with Gasteiger partial charge < -0.3 is 5.11 Å². The number of hydrogen-bond donors (Lipinski definition) is 1. The summed E-state index contributed by atoms with van der Waals surface area (Å²) < 4.78 is 27.9. The summed E-state index contributed by atoms with van der Waals surface area (Å²) in [6.07, 6.45) is 0. The molecule has 0 radical (unpaired) electrons. The summed E-state index contributed by atoms with van der Waals surface area (Å²) >= 11 is 3.11. The van der Waals surface area contributed by atoms with Crippen LogP contribution in [0.25, 0.3) is 0 Å². The summed E-state index contributed by atoms with van der Waals surface area (Å²) in [5.41, 5.74) is 0. The molecule has 0 aromatic carbocycles. The van der Waals surface area contributed by atoms with Crippen LogP contribution in [-0.2, 0) is 17.1 Å².